The zero-order valence-corrected chi connectivity index (χ0v) is 23.3. The van der Waals surface area contributed by atoms with Crippen LogP contribution in [0.2, 0.25) is 0 Å². The summed E-state index contributed by atoms with van der Waals surface area (Å²) in [6, 6.07) is 23.3. The van der Waals surface area contributed by atoms with Gasteiger partial charge in [0.15, 0.2) is 5.11 Å². The predicted molar refractivity (Wildman–Crippen MR) is 160 cm³/mol. The van der Waals surface area contributed by atoms with Gasteiger partial charge in [-0.15, -0.1) is 0 Å². The Morgan fingerprint density at radius 1 is 1.00 bits per heavy atom. The average molecular weight is 554 g/mol. The molecule has 0 aliphatic carbocycles. The van der Waals surface area contributed by atoms with E-state index in [1.54, 1.807) is 18.3 Å². The Balaban J connectivity index is 1.45. The number of anilines is 2. The number of nitrogens with zero attached hydrogens (tertiary/aromatic N) is 4. The molecule has 9 heteroatoms. The second-order valence-corrected chi connectivity index (χ2v) is 10.5. The molecule has 0 bridgehead atoms. The van der Waals surface area contributed by atoms with Crippen molar-refractivity contribution in [3.05, 3.63) is 107 Å². The van der Waals surface area contributed by atoms with Crippen molar-refractivity contribution < 1.29 is 14.6 Å². The van der Waals surface area contributed by atoms with Gasteiger partial charge in [-0.05, 0) is 86.2 Å². The van der Waals surface area contributed by atoms with Crippen LogP contribution in [0.15, 0.2) is 79.0 Å². The van der Waals surface area contributed by atoms with Crippen LogP contribution in [0.4, 0.5) is 11.4 Å². The number of para-hydroxylation sites is 1. The van der Waals surface area contributed by atoms with Gasteiger partial charge in [0.05, 0.1) is 42.2 Å². The van der Waals surface area contributed by atoms with Gasteiger partial charge in [-0.3, -0.25) is 4.98 Å². The van der Waals surface area contributed by atoms with Gasteiger partial charge in [0, 0.05) is 42.0 Å². The minimum Gasteiger partial charge on any atom is -0.478 e. The Morgan fingerprint density at radius 2 is 1.70 bits per heavy atom. The van der Waals surface area contributed by atoms with Crippen molar-refractivity contribution in [2.75, 3.05) is 36.1 Å². The molecule has 2 saturated heterocycles. The molecule has 2 atom stereocenters. The van der Waals surface area contributed by atoms with Gasteiger partial charge in [0.25, 0.3) is 0 Å². The first kappa shape index (κ1) is 26.0. The van der Waals surface area contributed by atoms with Crippen LogP contribution in [0.1, 0.15) is 45.1 Å². The number of carboxylic acids is 1. The number of rotatable bonds is 6. The van der Waals surface area contributed by atoms with Crippen LogP contribution in [-0.4, -0.2) is 52.0 Å². The van der Waals surface area contributed by atoms with E-state index >= 15 is 0 Å². The topological polar surface area (TPSA) is 82.9 Å². The number of aryl methyl sites for hydroxylation is 1. The van der Waals surface area contributed by atoms with Crippen LogP contribution in [0.25, 0.3) is 5.69 Å². The monoisotopic (exact) mass is 553 g/mol. The first-order chi connectivity index (χ1) is 19.4. The number of hydrogen-bond donors (Lipinski definition) is 2. The summed E-state index contributed by atoms with van der Waals surface area (Å²) in [4.78, 5) is 21.2. The normalized spacial score (nSPS) is 19.1. The van der Waals surface area contributed by atoms with Gasteiger partial charge in [0.2, 0.25) is 0 Å². The number of aromatic nitrogens is 2. The third kappa shape index (κ3) is 4.61. The number of morpholine rings is 1. The summed E-state index contributed by atoms with van der Waals surface area (Å²) < 4.78 is 7.54. The van der Waals surface area contributed by atoms with Gasteiger partial charge in [-0.25, -0.2) is 4.79 Å². The molecule has 2 aromatic heterocycles. The number of nitrogens with one attached hydrogen (secondary N) is 1. The Hall–Kier alpha value is -4.21. The number of carboxylic acid groups (broad SMARTS) is 1. The molecular weight excluding hydrogens is 522 g/mol. The van der Waals surface area contributed by atoms with Gasteiger partial charge in [-0.1, -0.05) is 18.2 Å². The fourth-order valence-corrected chi connectivity index (χ4v) is 6.25. The van der Waals surface area contributed by atoms with E-state index in [4.69, 9.17) is 17.0 Å². The molecular formula is C31H31N5O3S. The van der Waals surface area contributed by atoms with Crippen molar-refractivity contribution in [3.63, 3.8) is 0 Å². The highest BCUT2D eigenvalue weighted by atomic mass is 32.1. The summed E-state index contributed by atoms with van der Waals surface area (Å²) in [5, 5.41) is 14.0. The highest BCUT2D eigenvalue weighted by Crippen LogP contribution is 2.44. The SMILES string of the molecule is Cc1cc([C@H]2[C@@H](c3ccccn3)NC(=S)N2c2ccc(N3CCOCC3)cc2)c(C)n1-c1ccccc1C(=O)O. The number of hydrogen-bond acceptors (Lipinski definition) is 5. The molecule has 0 saturated carbocycles. The van der Waals surface area contributed by atoms with E-state index in [1.165, 1.54) is 0 Å². The molecule has 0 unspecified atom stereocenters. The van der Waals surface area contributed by atoms with Crippen molar-refractivity contribution in [2.45, 2.75) is 25.9 Å². The lowest BCUT2D eigenvalue weighted by Crippen LogP contribution is -2.36. The molecule has 4 heterocycles. The molecule has 8 nitrogen and oxygen atoms in total. The Kier molecular flexibility index (Phi) is 7.00. The third-order valence-corrected chi connectivity index (χ3v) is 8.08. The van der Waals surface area contributed by atoms with E-state index < -0.39 is 5.97 Å². The zero-order chi connectivity index (χ0) is 27.8. The van der Waals surface area contributed by atoms with Gasteiger partial charge in [0.1, 0.15) is 0 Å². The first-order valence-electron chi connectivity index (χ1n) is 13.4. The molecule has 4 aromatic rings. The number of carbonyl (C=O) groups is 1. The molecule has 0 amide bonds. The molecule has 40 heavy (non-hydrogen) atoms. The Morgan fingerprint density at radius 3 is 2.40 bits per heavy atom. The van der Waals surface area contributed by atoms with E-state index in [0.29, 0.717) is 10.8 Å². The molecule has 2 N–H and O–H groups in total. The molecule has 0 spiro atoms. The van der Waals surface area contributed by atoms with Crippen LogP contribution in [0.5, 0.6) is 0 Å². The minimum absolute atomic E-state index is 0.198. The largest absolute Gasteiger partial charge is 0.478 e. The minimum atomic E-state index is -0.957. The second-order valence-electron chi connectivity index (χ2n) is 10.1. The van der Waals surface area contributed by atoms with Crippen molar-refractivity contribution in [1.82, 2.24) is 14.9 Å². The lowest BCUT2D eigenvalue weighted by Gasteiger charge is -2.31. The van der Waals surface area contributed by atoms with E-state index in [1.807, 2.05) is 48.7 Å². The van der Waals surface area contributed by atoms with Gasteiger partial charge >= 0.3 is 5.97 Å². The molecule has 204 valence electrons. The summed E-state index contributed by atoms with van der Waals surface area (Å²) >= 11 is 5.94. The Labute approximate surface area is 238 Å². The predicted octanol–water partition coefficient (Wildman–Crippen LogP) is 5.20. The number of pyridine rings is 1. The van der Waals surface area contributed by atoms with Crippen molar-refractivity contribution >= 4 is 34.7 Å². The zero-order valence-electron chi connectivity index (χ0n) is 22.4. The fourth-order valence-electron chi connectivity index (χ4n) is 5.90. The van der Waals surface area contributed by atoms with Crippen LogP contribution in [0, 0.1) is 13.8 Å². The lowest BCUT2D eigenvalue weighted by atomic mass is 9.96. The van der Waals surface area contributed by atoms with Gasteiger partial charge < -0.3 is 29.5 Å². The Bertz CT molecular complexity index is 1550. The van der Waals surface area contributed by atoms with Crippen molar-refractivity contribution in [3.8, 4) is 5.69 Å². The number of ether oxygens (including phenoxy) is 1. The molecule has 6 rings (SSSR count). The molecule has 2 aliphatic rings. The summed E-state index contributed by atoms with van der Waals surface area (Å²) in [5.41, 5.74) is 6.88. The summed E-state index contributed by atoms with van der Waals surface area (Å²) in [6.07, 6.45) is 1.79. The van der Waals surface area contributed by atoms with Crippen LogP contribution in [0.3, 0.4) is 0 Å². The molecule has 2 fully saturated rings. The lowest BCUT2D eigenvalue weighted by molar-refractivity contribution is 0.0697. The number of benzene rings is 2. The van der Waals surface area contributed by atoms with E-state index in [-0.39, 0.29) is 17.6 Å². The first-order valence-corrected chi connectivity index (χ1v) is 13.8. The van der Waals surface area contributed by atoms with E-state index in [0.717, 1.165) is 60.3 Å². The maximum atomic E-state index is 12.1. The quantitative estimate of drug-likeness (QED) is 0.315. The molecule has 0 radical (unpaired) electrons. The van der Waals surface area contributed by atoms with Crippen molar-refractivity contribution in [2.24, 2.45) is 0 Å². The molecule has 2 aromatic carbocycles. The van der Waals surface area contributed by atoms with Crippen LogP contribution in [-0.2, 0) is 4.74 Å². The summed E-state index contributed by atoms with van der Waals surface area (Å²) in [6.45, 7) is 7.26. The smallest absolute Gasteiger partial charge is 0.337 e. The highest BCUT2D eigenvalue weighted by Gasteiger charge is 2.42. The van der Waals surface area contributed by atoms with Gasteiger partial charge in [-0.2, -0.15) is 0 Å². The fraction of sp³-hybridized carbons (Fsp3) is 0.258. The van der Waals surface area contributed by atoms with Crippen LogP contribution >= 0.6 is 12.2 Å². The molecule has 2 aliphatic heterocycles. The maximum Gasteiger partial charge on any atom is 0.337 e. The summed E-state index contributed by atoms with van der Waals surface area (Å²) in [5.74, 6) is -0.957. The maximum absolute atomic E-state index is 12.1. The van der Waals surface area contributed by atoms with E-state index in [9.17, 15) is 9.90 Å². The number of thiocarbonyl (C=S) groups is 1. The van der Waals surface area contributed by atoms with Crippen molar-refractivity contribution in [1.29, 1.82) is 0 Å². The number of aromatic carboxylic acids is 1. The highest BCUT2D eigenvalue weighted by molar-refractivity contribution is 7.80. The average Bonchev–Trinajstić information content (AvgIpc) is 3.48. The standard InChI is InChI=1S/C31H31N5O3S/c1-20-19-25(21(2)35(20)27-9-4-3-7-24(27)30(37)38)29-28(26-8-5-6-14-32-26)33-31(40)36(29)23-12-10-22(11-13-23)34-15-17-39-18-16-34/h3-14,19,28-29H,15-18H2,1-2H3,(H,33,40)(H,37,38)/t28-,29+/m1/s1. The third-order valence-electron chi connectivity index (χ3n) is 7.77. The second kappa shape index (κ2) is 10.7. The van der Waals surface area contributed by atoms with Crippen LogP contribution < -0.4 is 15.1 Å². The summed E-state index contributed by atoms with van der Waals surface area (Å²) in [7, 11) is 0. The van der Waals surface area contributed by atoms with E-state index in [2.05, 4.69) is 50.4 Å².